The Labute approximate surface area is 107 Å². The van der Waals surface area contributed by atoms with E-state index >= 15 is 0 Å². The highest BCUT2D eigenvalue weighted by Crippen LogP contribution is 2.28. The maximum absolute atomic E-state index is 4.39. The van der Waals surface area contributed by atoms with Gasteiger partial charge in [0.15, 0.2) is 0 Å². The van der Waals surface area contributed by atoms with Crippen LogP contribution in [0.2, 0.25) is 0 Å². The standard InChI is InChI=1S/C15H17N3/c1-2-12-10-13(3-4-15(12)16-6-1)18-9-8-17-7-5-14(18)11-17/h1-4,6,10,14H,5,7-9,11H2. The summed E-state index contributed by atoms with van der Waals surface area (Å²) >= 11 is 0. The van der Waals surface area contributed by atoms with Crippen molar-refractivity contribution in [2.75, 3.05) is 31.1 Å². The van der Waals surface area contributed by atoms with Gasteiger partial charge in [-0.15, -0.1) is 0 Å². The predicted octanol–water partition coefficient (Wildman–Crippen LogP) is 2.13. The number of aromatic nitrogens is 1. The van der Waals surface area contributed by atoms with Gasteiger partial charge in [-0.2, -0.15) is 0 Å². The third kappa shape index (κ3) is 1.58. The number of pyridine rings is 1. The van der Waals surface area contributed by atoms with E-state index in [1.165, 1.54) is 37.1 Å². The summed E-state index contributed by atoms with van der Waals surface area (Å²) < 4.78 is 0. The van der Waals surface area contributed by atoms with Gasteiger partial charge >= 0.3 is 0 Å². The molecule has 0 radical (unpaired) electrons. The highest BCUT2D eigenvalue weighted by molar-refractivity contribution is 5.82. The van der Waals surface area contributed by atoms with E-state index in [2.05, 4.69) is 39.0 Å². The molecule has 0 amide bonds. The molecular weight excluding hydrogens is 222 g/mol. The van der Waals surface area contributed by atoms with Crippen LogP contribution in [-0.2, 0) is 0 Å². The Morgan fingerprint density at radius 1 is 1.11 bits per heavy atom. The fraction of sp³-hybridized carbons (Fsp3) is 0.400. The van der Waals surface area contributed by atoms with Gasteiger partial charge in [0, 0.05) is 49.5 Å². The lowest BCUT2D eigenvalue weighted by atomic mass is 10.1. The van der Waals surface area contributed by atoms with E-state index in [1.54, 1.807) is 0 Å². The number of piperazine rings is 1. The Hall–Kier alpha value is -1.61. The molecule has 18 heavy (non-hydrogen) atoms. The molecule has 2 aliphatic heterocycles. The molecule has 3 nitrogen and oxygen atoms in total. The van der Waals surface area contributed by atoms with Gasteiger partial charge in [-0.1, -0.05) is 6.07 Å². The Morgan fingerprint density at radius 2 is 2.11 bits per heavy atom. The second-order valence-electron chi connectivity index (χ2n) is 5.32. The lowest BCUT2D eigenvalue weighted by molar-refractivity contribution is 0.311. The number of nitrogens with zero attached hydrogens (tertiary/aromatic N) is 3. The molecule has 2 atom stereocenters. The average molecular weight is 239 g/mol. The summed E-state index contributed by atoms with van der Waals surface area (Å²) in [5, 5.41) is 1.25. The number of hydrogen-bond acceptors (Lipinski definition) is 3. The van der Waals surface area contributed by atoms with Crippen LogP contribution >= 0.6 is 0 Å². The van der Waals surface area contributed by atoms with E-state index in [9.17, 15) is 0 Å². The number of anilines is 1. The minimum absolute atomic E-state index is 0.716. The van der Waals surface area contributed by atoms with Crippen molar-refractivity contribution in [3.63, 3.8) is 0 Å². The van der Waals surface area contributed by atoms with E-state index in [-0.39, 0.29) is 0 Å². The third-order valence-corrected chi connectivity index (χ3v) is 4.26. The monoisotopic (exact) mass is 239 g/mol. The van der Waals surface area contributed by atoms with Crippen LogP contribution in [0.1, 0.15) is 6.42 Å². The van der Waals surface area contributed by atoms with Crippen molar-refractivity contribution >= 4 is 16.6 Å². The molecule has 2 unspecified atom stereocenters. The summed E-state index contributed by atoms with van der Waals surface area (Å²) in [4.78, 5) is 9.54. The molecule has 4 rings (SSSR count). The van der Waals surface area contributed by atoms with Crippen molar-refractivity contribution in [2.45, 2.75) is 12.5 Å². The van der Waals surface area contributed by atoms with Gasteiger partial charge in [0.1, 0.15) is 0 Å². The first-order valence-electron chi connectivity index (χ1n) is 6.74. The van der Waals surface area contributed by atoms with Crippen LogP contribution in [0.5, 0.6) is 0 Å². The molecule has 3 heteroatoms. The van der Waals surface area contributed by atoms with Crippen LogP contribution < -0.4 is 4.90 Å². The Morgan fingerprint density at radius 3 is 3.11 bits per heavy atom. The molecule has 0 aliphatic carbocycles. The van der Waals surface area contributed by atoms with E-state index in [0.29, 0.717) is 6.04 Å². The lowest BCUT2D eigenvalue weighted by Gasteiger charge is -2.36. The highest BCUT2D eigenvalue weighted by atomic mass is 15.3. The topological polar surface area (TPSA) is 19.4 Å². The van der Waals surface area contributed by atoms with Gasteiger partial charge in [-0.05, 0) is 30.7 Å². The van der Waals surface area contributed by atoms with Gasteiger partial charge in [0.05, 0.1) is 5.52 Å². The molecule has 0 saturated carbocycles. The van der Waals surface area contributed by atoms with Crippen molar-refractivity contribution < 1.29 is 0 Å². The molecule has 2 aromatic rings. The van der Waals surface area contributed by atoms with Crippen LogP contribution in [0.25, 0.3) is 10.9 Å². The molecule has 2 fully saturated rings. The summed E-state index contributed by atoms with van der Waals surface area (Å²) in [5.74, 6) is 0. The Bertz CT molecular complexity index is 581. The zero-order valence-electron chi connectivity index (χ0n) is 10.4. The summed E-state index contributed by atoms with van der Waals surface area (Å²) in [7, 11) is 0. The van der Waals surface area contributed by atoms with Crippen LogP contribution in [0.3, 0.4) is 0 Å². The second-order valence-corrected chi connectivity index (χ2v) is 5.32. The van der Waals surface area contributed by atoms with Crippen LogP contribution in [0, 0.1) is 0 Å². The number of benzene rings is 1. The number of hydrogen-bond donors (Lipinski definition) is 0. The molecular formula is C15H17N3. The minimum atomic E-state index is 0.716. The van der Waals surface area contributed by atoms with Gasteiger partial charge in [0.25, 0.3) is 0 Å². The molecule has 1 aromatic carbocycles. The minimum Gasteiger partial charge on any atom is -0.366 e. The molecule has 0 N–H and O–H groups in total. The number of rotatable bonds is 1. The number of fused-ring (bicyclic) bond motifs is 3. The van der Waals surface area contributed by atoms with Crippen LogP contribution in [-0.4, -0.2) is 42.1 Å². The van der Waals surface area contributed by atoms with E-state index in [1.807, 2.05) is 12.3 Å². The van der Waals surface area contributed by atoms with Crippen molar-refractivity contribution in [1.29, 1.82) is 0 Å². The van der Waals surface area contributed by atoms with Gasteiger partial charge in [-0.25, -0.2) is 0 Å². The fourth-order valence-corrected chi connectivity index (χ4v) is 3.28. The highest BCUT2D eigenvalue weighted by Gasteiger charge is 2.32. The summed E-state index contributed by atoms with van der Waals surface area (Å²) in [5.41, 5.74) is 2.45. The van der Waals surface area contributed by atoms with Crippen molar-refractivity contribution in [2.24, 2.45) is 0 Å². The van der Waals surface area contributed by atoms with Gasteiger partial charge in [-0.3, -0.25) is 9.88 Å². The van der Waals surface area contributed by atoms with Crippen LogP contribution in [0.15, 0.2) is 36.5 Å². The van der Waals surface area contributed by atoms with Crippen molar-refractivity contribution in [1.82, 2.24) is 9.88 Å². The predicted molar refractivity (Wildman–Crippen MR) is 73.9 cm³/mol. The Balaban J connectivity index is 1.73. The normalized spacial score (nSPS) is 26.8. The fourth-order valence-electron chi connectivity index (χ4n) is 3.28. The molecule has 92 valence electrons. The van der Waals surface area contributed by atoms with Crippen molar-refractivity contribution in [3.05, 3.63) is 36.5 Å². The molecule has 3 heterocycles. The maximum Gasteiger partial charge on any atom is 0.0703 e. The SMILES string of the molecule is c1cnc2ccc(N3CCN4CCC3C4)cc2c1. The Kier molecular flexibility index (Phi) is 2.27. The zero-order chi connectivity index (χ0) is 11.9. The van der Waals surface area contributed by atoms with Gasteiger partial charge in [0.2, 0.25) is 0 Å². The smallest absolute Gasteiger partial charge is 0.0703 e. The van der Waals surface area contributed by atoms with E-state index in [0.717, 1.165) is 12.1 Å². The quantitative estimate of drug-likeness (QED) is 0.760. The van der Waals surface area contributed by atoms with Crippen LogP contribution in [0.4, 0.5) is 5.69 Å². The average Bonchev–Trinajstić information content (AvgIpc) is 2.80. The molecule has 1 aromatic heterocycles. The summed E-state index contributed by atoms with van der Waals surface area (Å²) in [6.07, 6.45) is 3.17. The first kappa shape index (κ1) is 10.3. The van der Waals surface area contributed by atoms with Gasteiger partial charge < -0.3 is 4.90 Å². The molecule has 2 saturated heterocycles. The summed E-state index contributed by atoms with van der Waals surface area (Å²) in [6, 6.07) is 11.5. The van der Waals surface area contributed by atoms with E-state index in [4.69, 9.17) is 0 Å². The third-order valence-electron chi connectivity index (χ3n) is 4.26. The first-order valence-corrected chi connectivity index (χ1v) is 6.74. The molecule has 2 bridgehead atoms. The van der Waals surface area contributed by atoms with E-state index < -0.39 is 0 Å². The zero-order valence-corrected chi connectivity index (χ0v) is 10.4. The first-order chi connectivity index (χ1) is 8.90. The molecule has 0 spiro atoms. The maximum atomic E-state index is 4.39. The van der Waals surface area contributed by atoms with Crippen molar-refractivity contribution in [3.8, 4) is 0 Å². The largest absolute Gasteiger partial charge is 0.366 e. The lowest BCUT2D eigenvalue weighted by Crippen LogP contribution is -2.46. The summed E-state index contributed by atoms with van der Waals surface area (Å²) in [6.45, 7) is 4.89. The molecule has 2 aliphatic rings. The second kappa shape index (κ2) is 3.95.